The van der Waals surface area contributed by atoms with Crippen molar-refractivity contribution in [2.24, 2.45) is 11.7 Å². The summed E-state index contributed by atoms with van der Waals surface area (Å²) >= 11 is 0. The van der Waals surface area contributed by atoms with Gasteiger partial charge in [-0.3, -0.25) is 0 Å². The van der Waals surface area contributed by atoms with Crippen LogP contribution in [-0.4, -0.2) is 19.2 Å². The third-order valence-corrected chi connectivity index (χ3v) is 2.95. The molecule has 1 aromatic rings. The predicted molar refractivity (Wildman–Crippen MR) is 62.4 cm³/mol. The van der Waals surface area contributed by atoms with Crippen LogP contribution in [0.4, 0.5) is 10.5 Å². The van der Waals surface area contributed by atoms with Gasteiger partial charge in [0.1, 0.15) is 0 Å². The molecule has 0 saturated heterocycles. The topological polar surface area (TPSA) is 64.3 Å². The van der Waals surface area contributed by atoms with Crippen molar-refractivity contribution in [2.45, 2.75) is 13.3 Å². The number of aryl methyl sites for hydroxylation is 1. The van der Waals surface area contributed by atoms with E-state index in [1.165, 1.54) is 16.8 Å². The molecule has 0 bridgehead atoms. The van der Waals surface area contributed by atoms with Crippen molar-refractivity contribution in [3.63, 3.8) is 0 Å². The summed E-state index contributed by atoms with van der Waals surface area (Å²) in [7, 11) is 0. The zero-order valence-corrected chi connectivity index (χ0v) is 9.32. The van der Waals surface area contributed by atoms with E-state index >= 15 is 0 Å². The summed E-state index contributed by atoms with van der Waals surface area (Å²) in [5, 5.41) is 3.35. The Balaban J connectivity index is 2.05. The first-order chi connectivity index (χ1) is 7.66. The SMILES string of the molecule is Cc1cccc2c1CC(COC(N)=O)CN2. The van der Waals surface area contributed by atoms with Gasteiger partial charge in [0.2, 0.25) is 0 Å². The third-order valence-electron chi connectivity index (χ3n) is 2.95. The molecule has 0 aromatic heterocycles. The molecule has 3 N–H and O–H groups in total. The molecule has 1 aliphatic rings. The number of hydrogen-bond donors (Lipinski definition) is 2. The highest BCUT2D eigenvalue weighted by Crippen LogP contribution is 2.27. The quantitative estimate of drug-likeness (QED) is 0.797. The number of anilines is 1. The summed E-state index contributed by atoms with van der Waals surface area (Å²) in [4.78, 5) is 10.5. The Morgan fingerprint density at radius 1 is 1.62 bits per heavy atom. The zero-order valence-electron chi connectivity index (χ0n) is 9.32. The van der Waals surface area contributed by atoms with Gasteiger partial charge in [-0.2, -0.15) is 0 Å². The Bertz CT molecular complexity index is 404. The van der Waals surface area contributed by atoms with Gasteiger partial charge in [0, 0.05) is 18.2 Å². The number of carbonyl (C=O) groups excluding carboxylic acids is 1. The molecule has 0 saturated carbocycles. The van der Waals surface area contributed by atoms with Crippen molar-refractivity contribution in [3.8, 4) is 0 Å². The number of nitrogens with one attached hydrogen (secondary N) is 1. The fourth-order valence-corrected chi connectivity index (χ4v) is 2.07. The van der Waals surface area contributed by atoms with Crippen LogP contribution in [0.15, 0.2) is 18.2 Å². The van der Waals surface area contributed by atoms with Gasteiger partial charge in [-0.25, -0.2) is 4.79 Å². The average Bonchev–Trinajstić information content (AvgIpc) is 2.27. The minimum absolute atomic E-state index is 0.307. The fraction of sp³-hybridized carbons (Fsp3) is 0.417. The predicted octanol–water partition coefficient (Wildman–Crippen LogP) is 1.67. The highest BCUT2D eigenvalue weighted by molar-refractivity contribution is 5.64. The van der Waals surface area contributed by atoms with Gasteiger partial charge < -0.3 is 15.8 Å². The normalized spacial score (nSPS) is 18.4. The van der Waals surface area contributed by atoms with Crippen LogP contribution in [0.3, 0.4) is 0 Å². The summed E-state index contributed by atoms with van der Waals surface area (Å²) in [5.74, 6) is 0.307. The van der Waals surface area contributed by atoms with E-state index in [1.807, 2.05) is 6.07 Å². The lowest BCUT2D eigenvalue weighted by Crippen LogP contribution is -2.29. The van der Waals surface area contributed by atoms with E-state index in [0.717, 1.165) is 13.0 Å². The van der Waals surface area contributed by atoms with E-state index in [-0.39, 0.29) is 0 Å². The Kier molecular flexibility index (Phi) is 2.99. The average molecular weight is 220 g/mol. The lowest BCUT2D eigenvalue weighted by Gasteiger charge is -2.26. The first kappa shape index (κ1) is 10.8. The molecule has 0 fully saturated rings. The van der Waals surface area contributed by atoms with Crippen molar-refractivity contribution >= 4 is 11.8 Å². The second-order valence-corrected chi connectivity index (χ2v) is 4.18. The molecule has 0 aliphatic carbocycles. The van der Waals surface area contributed by atoms with E-state index < -0.39 is 6.09 Å². The molecule has 2 rings (SSSR count). The van der Waals surface area contributed by atoms with Crippen LogP contribution in [0.2, 0.25) is 0 Å². The molecule has 1 heterocycles. The van der Waals surface area contributed by atoms with E-state index in [4.69, 9.17) is 10.5 Å². The van der Waals surface area contributed by atoms with Crippen LogP contribution in [0.1, 0.15) is 11.1 Å². The Labute approximate surface area is 94.8 Å². The smallest absolute Gasteiger partial charge is 0.404 e. The molecule has 4 nitrogen and oxygen atoms in total. The van der Waals surface area contributed by atoms with Gasteiger partial charge in [-0.1, -0.05) is 12.1 Å². The summed E-state index contributed by atoms with van der Waals surface area (Å²) < 4.78 is 4.84. The molecule has 16 heavy (non-hydrogen) atoms. The largest absolute Gasteiger partial charge is 0.449 e. The highest BCUT2D eigenvalue weighted by atomic mass is 16.5. The molecule has 1 amide bonds. The first-order valence-electron chi connectivity index (χ1n) is 5.41. The van der Waals surface area contributed by atoms with Crippen LogP contribution in [0, 0.1) is 12.8 Å². The van der Waals surface area contributed by atoms with Gasteiger partial charge in [0.05, 0.1) is 6.61 Å². The van der Waals surface area contributed by atoms with Gasteiger partial charge >= 0.3 is 6.09 Å². The second-order valence-electron chi connectivity index (χ2n) is 4.18. The maximum absolute atomic E-state index is 10.5. The summed E-state index contributed by atoms with van der Waals surface area (Å²) in [6, 6.07) is 6.22. The maximum Gasteiger partial charge on any atom is 0.404 e. The number of amides is 1. The maximum atomic E-state index is 10.5. The minimum atomic E-state index is -0.699. The molecule has 1 unspecified atom stereocenters. The molecule has 0 spiro atoms. The van der Waals surface area contributed by atoms with Crippen LogP contribution < -0.4 is 11.1 Å². The summed E-state index contributed by atoms with van der Waals surface area (Å²) in [6.45, 7) is 3.30. The molecule has 4 heteroatoms. The number of primary amides is 1. The molecular weight excluding hydrogens is 204 g/mol. The Morgan fingerprint density at radius 3 is 3.19 bits per heavy atom. The van der Waals surface area contributed by atoms with Crippen LogP contribution in [-0.2, 0) is 11.2 Å². The Hall–Kier alpha value is -1.71. The van der Waals surface area contributed by atoms with Crippen molar-refractivity contribution < 1.29 is 9.53 Å². The molecular formula is C12H16N2O2. The van der Waals surface area contributed by atoms with E-state index in [9.17, 15) is 4.79 Å². The Morgan fingerprint density at radius 2 is 2.44 bits per heavy atom. The van der Waals surface area contributed by atoms with E-state index in [1.54, 1.807) is 0 Å². The van der Waals surface area contributed by atoms with Gasteiger partial charge in [-0.15, -0.1) is 0 Å². The summed E-state index contributed by atoms with van der Waals surface area (Å²) in [6.07, 6.45) is 0.234. The van der Waals surface area contributed by atoms with Gasteiger partial charge in [0.15, 0.2) is 0 Å². The lowest BCUT2D eigenvalue weighted by atomic mass is 9.91. The van der Waals surface area contributed by atoms with Crippen molar-refractivity contribution in [2.75, 3.05) is 18.5 Å². The first-order valence-corrected chi connectivity index (χ1v) is 5.41. The van der Waals surface area contributed by atoms with E-state index in [2.05, 4.69) is 24.4 Å². The van der Waals surface area contributed by atoms with Crippen LogP contribution >= 0.6 is 0 Å². The monoisotopic (exact) mass is 220 g/mol. The molecule has 86 valence electrons. The van der Waals surface area contributed by atoms with Crippen molar-refractivity contribution in [3.05, 3.63) is 29.3 Å². The number of fused-ring (bicyclic) bond motifs is 1. The molecule has 1 atom stereocenters. The molecule has 1 aliphatic heterocycles. The number of carbonyl (C=O) groups is 1. The number of nitrogens with two attached hydrogens (primary N) is 1. The molecule has 0 radical (unpaired) electrons. The standard InChI is InChI=1S/C12H16N2O2/c1-8-3-2-4-11-10(8)5-9(6-14-11)7-16-12(13)15/h2-4,9,14H,5-7H2,1H3,(H2,13,15). The number of benzene rings is 1. The van der Waals surface area contributed by atoms with Crippen LogP contribution in [0.25, 0.3) is 0 Å². The van der Waals surface area contributed by atoms with Crippen molar-refractivity contribution in [1.29, 1.82) is 0 Å². The van der Waals surface area contributed by atoms with Gasteiger partial charge in [0.25, 0.3) is 0 Å². The van der Waals surface area contributed by atoms with E-state index in [0.29, 0.717) is 12.5 Å². The zero-order chi connectivity index (χ0) is 11.5. The lowest BCUT2D eigenvalue weighted by molar-refractivity contribution is 0.138. The minimum Gasteiger partial charge on any atom is -0.449 e. The fourth-order valence-electron chi connectivity index (χ4n) is 2.07. The van der Waals surface area contributed by atoms with Crippen LogP contribution in [0.5, 0.6) is 0 Å². The summed E-state index contributed by atoms with van der Waals surface area (Å²) in [5.41, 5.74) is 8.73. The van der Waals surface area contributed by atoms with Gasteiger partial charge in [-0.05, 0) is 30.5 Å². The number of ether oxygens (including phenoxy) is 1. The third kappa shape index (κ3) is 2.27. The highest BCUT2D eigenvalue weighted by Gasteiger charge is 2.20. The molecule has 1 aromatic carbocycles. The van der Waals surface area contributed by atoms with Crippen molar-refractivity contribution in [1.82, 2.24) is 0 Å². The number of rotatable bonds is 2. The second kappa shape index (κ2) is 4.43. The number of hydrogen-bond acceptors (Lipinski definition) is 3.